The number of carbonyl (C=O) groups excluding carboxylic acids is 1. The first-order chi connectivity index (χ1) is 13.6. The van der Waals surface area contributed by atoms with Gasteiger partial charge in [-0.25, -0.2) is 14.5 Å². The standard InChI is InChI=1S/C21H17N3O3S/c1-13-22-18-19(28-13)17(15-6-4-3-5-7-15)23-24(20(18)25)12-14-8-10-16(11-9-14)21(26)27-2/h3-11H,12H2,1-2H3. The molecule has 0 radical (unpaired) electrons. The molecule has 2 heterocycles. The minimum absolute atomic E-state index is 0.226. The third-order valence-electron chi connectivity index (χ3n) is 4.36. The number of aryl methyl sites for hydroxylation is 1. The summed E-state index contributed by atoms with van der Waals surface area (Å²) in [7, 11) is 1.34. The minimum atomic E-state index is -0.396. The third-order valence-corrected chi connectivity index (χ3v) is 5.34. The average molecular weight is 391 g/mol. The zero-order valence-electron chi connectivity index (χ0n) is 15.4. The molecule has 0 spiro atoms. The van der Waals surface area contributed by atoms with Crippen LogP contribution in [0.4, 0.5) is 0 Å². The van der Waals surface area contributed by atoms with Gasteiger partial charge in [-0.3, -0.25) is 4.79 Å². The molecule has 0 bridgehead atoms. The van der Waals surface area contributed by atoms with Crippen molar-refractivity contribution in [2.75, 3.05) is 7.11 Å². The second kappa shape index (κ2) is 7.36. The Morgan fingerprint density at radius 1 is 1.11 bits per heavy atom. The fourth-order valence-electron chi connectivity index (χ4n) is 3.00. The van der Waals surface area contributed by atoms with E-state index in [0.717, 1.165) is 26.5 Å². The van der Waals surface area contributed by atoms with Crippen LogP contribution in [0.1, 0.15) is 20.9 Å². The van der Waals surface area contributed by atoms with Crippen LogP contribution in [-0.4, -0.2) is 27.8 Å². The van der Waals surface area contributed by atoms with Gasteiger partial charge in [0.1, 0.15) is 5.69 Å². The third kappa shape index (κ3) is 3.32. The summed E-state index contributed by atoms with van der Waals surface area (Å²) >= 11 is 1.47. The van der Waals surface area contributed by atoms with Crippen LogP contribution in [0.5, 0.6) is 0 Å². The van der Waals surface area contributed by atoms with E-state index in [1.807, 2.05) is 37.3 Å². The number of fused-ring (bicyclic) bond motifs is 1. The number of hydrogen-bond donors (Lipinski definition) is 0. The van der Waals surface area contributed by atoms with E-state index in [0.29, 0.717) is 11.1 Å². The Morgan fingerprint density at radius 3 is 2.50 bits per heavy atom. The largest absolute Gasteiger partial charge is 0.465 e. The Labute approximate surface area is 165 Å². The summed E-state index contributed by atoms with van der Waals surface area (Å²) < 4.78 is 6.94. The number of nitrogens with zero attached hydrogens (tertiary/aromatic N) is 3. The Bertz CT molecular complexity index is 1210. The number of aromatic nitrogens is 3. The van der Waals surface area contributed by atoms with Crippen LogP contribution in [0, 0.1) is 6.92 Å². The van der Waals surface area contributed by atoms with Crippen LogP contribution in [0.3, 0.4) is 0 Å². The molecule has 4 rings (SSSR count). The van der Waals surface area contributed by atoms with E-state index >= 15 is 0 Å². The fraction of sp³-hybridized carbons (Fsp3) is 0.143. The molecule has 0 aliphatic carbocycles. The van der Waals surface area contributed by atoms with Crippen molar-refractivity contribution in [2.45, 2.75) is 13.5 Å². The highest BCUT2D eigenvalue weighted by Crippen LogP contribution is 2.29. The van der Waals surface area contributed by atoms with Gasteiger partial charge in [0.25, 0.3) is 5.56 Å². The molecular weight excluding hydrogens is 374 g/mol. The van der Waals surface area contributed by atoms with Crippen molar-refractivity contribution in [1.29, 1.82) is 0 Å². The zero-order valence-corrected chi connectivity index (χ0v) is 16.2. The summed E-state index contributed by atoms with van der Waals surface area (Å²) in [6.45, 7) is 2.17. The van der Waals surface area contributed by atoms with Gasteiger partial charge in [-0.15, -0.1) is 11.3 Å². The van der Waals surface area contributed by atoms with Gasteiger partial charge in [-0.05, 0) is 24.6 Å². The Kier molecular flexibility index (Phi) is 4.75. The van der Waals surface area contributed by atoms with Crippen molar-refractivity contribution in [3.8, 4) is 11.3 Å². The Hall–Kier alpha value is -3.32. The number of benzene rings is 2. The molecule has 0 atom stereocenters. The van der Waals surface area contributed by atoms with Crippen molar-refractivity contribution in [3.63, 3.8) is 0 Å². The van der Waals surface area contributed by atoms with Gasteiger partial charge < -0.3 is 4.74 Å². The van der Waals surface area contributed by atoms with Gasteiger partial charge in [-0.1, -0.05) is 42.5 Å². The van der Waals surface area contributed by atoms with Crippen molar-refractivity contribution < 1.29 is 9.53 Å². The van der Waals surface area contributed by atoms with Crippen molar-refractivity contribution in [3.05, 3.63) is 81.1 Å². The SMILES string of the molecule is COC(=O)c1ccc(Cn2nc(-c3ccccc3)c3sc(C)nc3c2=O)cc1. The summed E-state index contributed by atoms with van der Waals surface area (Å²) in [5.74, 6) is -0.396. The van der Waals surface area contributed by atoms with Gasteiger partial charge in [-0.2, -0.15) is 5.10 Å². The van der Waals surface area contributed by atoms with E-state index in [9.17, 15) is 9.59 Å². The summed E-state index contributed by atoms with van der Waals surface area (Å²) in [5.41, 5.74) is 3.20. The highest BCUT2D eigenvalue weighted by atomic mass is 32.1. The maximum absolute atomic E-state index is 12.9. The van der Waals surface area contributed by atoms with Crippen LogP contribution in [0.25, 0.3) is 21.5 Å². The number of ether oxygens (including phenoxy) is 1. The van der Waals surface area contributed by atoms with Gasteiger partial charge in [0.15, 0.2) is 5.52 Å². The lowest BCUT2D eigenvalue weighted by Gasteiger charge is -2.09. The molecule has 2 aromatic carbocycles. The molecule has 0 N–H and O–H groups in total. The number of carbonyl (C=O) groups is 1. The summed E-state index contributed by atoms with van der Waals surface area (Å²) in [6, 6.07) is 16.7. The molecule has 0 amide bonds. The average Bonchev–Trinajstić information content (AvgIpc) is 3.12. The summed E-state index contributed by atoms with van der Waals surface area (Å²) in [4.78, 5) is 28.9. The predicted molar refractivity (Wildman–Crippen MR) is 109 cm³/mol. The fourth-order valence-corrected chi connectivity index (χ4v) is 3.91. The van der Waals surface area contributed by atoms with Crippen LogP contribution in [0.2, 0.25) is 0 Å². The number of thiazole rings is 1. The topological polar surface area (TPSA) is 74.1 Å². The normalized spacial score (nSPS) is 10.9. The molecule has 0 aliphatic heterocycles. The Morgan fingerprint density at radius 2 is 1.82 bits per heavy atom. The predicted octanol–water partition coefficient (Wildman–Crippen LogP) is 3.66. The molecule has 0 aliphatic rings. The summed E-state index contributed by atoms with van der Waals surface area (Å²) in [6.07, 6.45) is 0. The Balaban J connectivity index is 1.80. The highest BCUT2D eigenvalue weighted by molar-refractivity contribution is 7.19. The maximum atomic E-state index is 12.9. The van der Waals surface area contributed by atoms with Crippen LogP contribution >= 0.6 is 11.3 Å². The van der Waals surface area contributed by atoms with E-state index in [1.165, 1.54) is 23.1 Å². The van der Waals surface area contributed by atoms with Gasteiger partial charge in [0.05, 0.1) is 28.9 Å². The number of methoxy groups -OCH3 is 1. The highest BCUT2D eigenvalue weighted by Gasteiger charge is 2.16. The monoisotopic (exact) mass is 391 g/mol. The molecule has 0 fully saturated rings. The maximum Gasteiger partial charge on any atom is 0.337 e. The molecule has 4 aromatic rings. The molecular formula is C21H17N3O3S. The van der Waals surface area contributed by atoms with Crippen LogP contribution in [0.15, 0.2) is 59.4 Å². The van der Waals surface area contributed by atoms with Crippen molar-refractivity contribution in [2.24, 2.45) is 0 Å². The molecule has 2 aromatic heterocycles. The second-order valence-electron chi connectivity index (χ2n) is 6.28. The molecule has 0 saturated carbocycles. The first-order valence-electron chi connectivity index (χ1n) is 8.68. The minimum Gasteiger partial charge on any atom is -0.465 e. The zero-order chi connectivity index (χ0) is 19.7. The smallest absolute Gasteiger partial charge is 0.337 e. The van der Waals surface area contributed by atoms with E-state index in [2.05, 4.69) is 10.1 Å². The second-order valence-corrected chi connectivity index (χ2v) is 7.48. The van der Waals surface area contributed by atoms with E-state index in [1.54, 1.807) is 24.3 Å². The number of esters is 1. The molecule has 28 heavy (non-hydrogen) atoms. The molecule has 6 nitrogen and oxygen atoms in total. The van der Waals surface area contributed by atoms with Crippen molar-refractivity contribution >= 4 is 27.5 Å². The quantitative estimate of drug-likeness (QED) is 0.496. The summed E-state index contributed by atoms with van der Waals surface area (Å²) in [5, 5.41) is 5.46. The lowest BCUT2D eigenvalue weighted by molar-refractivity contribution is 0.0600. The van der Waals surface area contributed by atoms with E-state index < -0.39 is 5.97 Å². The molecule has 0 saturated heterocycles. The molecule has 0 unspecified atom stereocenters. The van der Waals surface area contributed by atoms with Crippen molar-refractivity contribution in [1.82, 2.24) is 14.8 Å². The first-order valence-corrected chi connectivity index (χ1v) is 9.49. The first kappa shape index (κ1) is 18.1. The van der Waals surface area contributed by atoms with Gasteiger partial charge >= 0.3 is 5.97 Å². The molecule has 7 heteroatoms. The lowest BCUT2D eigenvalue weighted by Crippen LogP contribution is -2.24. The van der Waals surface area contributed by atoms with Gasteiger partial charge in [0.2, 0.25) is 0 Å². The number of hydrogen-bond acceptors (Lipinski definition) is 6. The van der Waals surface area contributed by atoms with Crippen LogP contribution in [-0.2, 0) is 11.3 Å². The lowest BCUT2D eigenvalue weighted by atomic mass is 10.1. The molecule has 140 valence electrons. The van der Waals surface area contributed by atoms with E-state index in [-0.39, 0.29) is 12.1 Å². The van der Waals surface area contributed by atoms with E-state index in [4.69, 9.17) is 4.74 Å². The van der Waals surface area contributed by atoms with Crippen LogP contribution < -0.4 is 5.56 Å². The van der Waals surface area contributed by atoms with Gasteiger partial charge in [0, 0.05) is 5.56 Å². The number of rotatable bonds is 4.